The van der Waals surface area contributed by atoms with Crippen LogP contribution in [0.1, 0.15) is 11.3 Å². The number of rotatable bonds is 4. The van der Waals surface area contributed by atoms with Gasteiger partial charge >= 0.3 is 6.18 Å². The molecule has 3 nitrogen and oxygen atoms in total. The van der Waals surface area contributed by atoms with E-state index in [0.717, 1.165) is 16.8 Å². The summed E-state index contributed by atoms with van der Waals surface area (Å²) in [5.41, 5.74) is -0.287. The monoisotopic (exact) mass is 367 g/mol. The predicted molar refractivity (Wildman–Crippen MR) is 87.3 cm³/mol. The number of halogens is 5. The van der Waals surface area contributed by atoms with Crippen molar-refractivity contribution in [1.82, 2.24) is 9.78 Å². The summed E-state index contributed by atoms with van der Waals surface area (Å²) in [6.45, 7) is 0.148. The highest BCUT2D eigenvalue weighted by Gasteiger charge is 2.35. The first-order chi connectivity index (χ1) is 12.3. The van der Waals surface area contributed by atoms with Crippen LogP contribution < -0.4 is 5.32 Å². The average Bonchev–Trinajstić information content (AvgIpc) is 2.96. The van der Waals surface area contributed by atoms with Crippen LogP contribution in [0.3, 0.4) is 0 Å². The molecule has 0 aliphatic rings. The first-order valence-corrected chi connectivity index (χ1v) is 7.64. The quantitative estimate of drug-likeness (QED) is 0.658. The van der Waals surface area contributed by atoms with Gasteiger partial charge in [0.2, 0.25) is 0 Å². The highest BCUT2D eigenvalue weighted by molar-refractivity contribution is 5.64. The lowest BCUT2D eigenvalue weighted by Gasteiger charge is -2.10. The zero-order valence-corrected chi connectivity index (χ0v) is 13.6. The molecule has 0 aliphatic carbocycles. The Morgan fingerprint density at radius 1 is 1.00 bits per heavy atom. The third kappa shape index (κ3) is 3.68. The molecule has 1 aromatic heterocycles. The van der Waals surface area contributed by atoms with E-state index in [1.54, 1.807) is 18.2 Å². The van der Waals surface area contributed by atoms with Gasteiger partial charge in [-0.3, -0.25) is 4.68 Å². The summed E-state index contributed by atoms with van der Waals surface area (Å²) < 4.78 is 67.2. The number of nitrogens with zero attached hydrogens (tertiary/aromatic N) is 2. The molecule has 0 bridgehead atoms. The van der Waals surface area contributed by atoms with Crippen LogP contribution in [-0.4, -0.2) is 9.78 Å². The van der Waals surface area contributed by atoms with Crippen LogP contribution in [0.15, 0.2) is 48.5 Å². The largest absolute Gasteiger partial charge is 0.435 e. The predicted octanol–water partition coefficient (Wildman–Crippen LogP) is 5.00. The molecular formula is C18H14F5N3. The van der Waals surface area contributed by atoms with E-state index < -0.39 is 17.7 Å². The van der Waals surface area contributed by atoms with E-state index in [1.807, 2.05) is 0 Å². The fourth-order valence-electron chi connectivity index (χ4n) is 2.53. The minimum atomic E-state index is -4.60. The number of hydrogen-bond donors (Lipinski definition) is 1. The molecule has 0 saturated carbocycles. The maximum atomic E-state index is 14.4. The Balaban J connectivity index is 1.82. The zero-order valence-electron chi connectivity index (χ0n) is 13.6. The molecule has 2 aromatic carbocycles. The molecule has 8 heteroatoms. The summed E-state index contributed by atoms with van der Waals surface area (Å²) in [7, 11) is 1.31. The Hall–Kier alpha value is -2.90. The van der Waals surface area contributed by atoms with Gasteiger partial charge in [-0.2, -0.15) is 18.3 Å². The van der Waals surface area contributed by atoms with E-state index in [1.165, 1.54) is 25.2 Å². The lowest BCUT2D eigenvalue weighted by atomic mass is 10.1. The molecule has 0 saturated heterocycles. The average molecular weight is 367 g/mol. The van der Waals surface area contributed by atoms with Crippen LogP contribution in [0, 0.1) is 11.6 Å². The van der Waals surface area contributed by atoms with Crippen LogP contribution >= 0.6 is 0 Å². The van der Waals surface area contributed by atoms with Gasteiger partial charge in [-0.15, -0.1) is 0 Å². The van der Waals surface area contributed by atoms with Gasteiger partial charge in [-0.1, -0.05) is 18.2 Å². The molecule has 0 aliphatic heterocycles. The van der Waals surface area contributed by atoms with Crippen molar-refractivity contribution in [3.8, 4) is 11.3 Å². The molecule has 1 N–H and O–H groups in total. The number of anilines is 1. The van der Waals surface area contributed by atoms with Crippen molar-refractivity contribution >= 4 is 5.69 Å². The number of benzene rings is 2. The van der Waals surface area contributed by atoms with Crippen molar-refractivity contribution in [2.24, 2.45) is 7.05 Å². The second-order valence-corrected chi connectivity index (χ2v) is 5.68. The smallest absolute Gasteiger partial charge is 0.381 e. The first kappa shape index (κ1) is 17.9. The normalized spacial score (nSPS) is 11.6. The molecular weight excluding hydrogens is 353 g/mol. The first-order valence-electron chi connectivity index (χ1n) is 7.64. The maximum Gasteiger partial charge on any atom is 0.435 e. The Kier molecular flexibility index (Phi) is 4.67. The number of aryl methyl sites for hydroxylation is 1. The van der Waals surface area contributed by atoms with Gasteiger partial charge < -0.3 is 5.32 Å². The Labute approximate surface area is 146 Å². The summed E-state index contributed by atoms with van der Waals surface area (Å²) in [5.74, 6) is -1.09. The van der Waals surface area contributed by atoms with E-state index in [9.17, 15) is 22.0 Å². The third-order valence-corrected chi connectivity index (χ3v) is 3.86. The lowest BCUT2D eigenvalue weighted by molar-refractivity contribution is -0.141. The Bertz CT molecular complexity index is 931. The van der Waals surface area contributed by atoms with Crippen LogP contribution in [-0.2, 0) is 19.8 Å². The van der Waals surface area contributed by atoms with Gasteiger partial charge in [0, 0.05) is 30.4 Å². The fraction of sp³-hybridized carbons (Fsp3) is 0.167. The van der Waals surface area contributed by atoms with Crippen molar-refractivity contribution in [3.63, 3.8) is 0 Å². The van der Waals surface area contributed by atoms with Gasteiger partial charge in [0.05, 0.1) is 5.69 Å². The summed E-state index contributed by atoms with van der Waals surface area (Å²) in [6.07, 6.45) is -4.60. The summed E-state index contributed by atoms with van der Waals surface area (Å²) in [5, 5.41) is 6.26. The molecule has 0 fully saturated rings. The molecule has 136 valence electrons. The van der Waals surface area contributed by atoms with Gasteiger partial charge in [0.1, 0.15) is 11.6 Å². The number of hydrogen-bond acceptors (Lipinski definition) is 2. The molecule has 0 atom stereocenters. The van der Waals surface area contributed by atoms with E-state index >= 15 is 0 Å². The van der Waals surface area contributed by atoms with Crippen LogP contribution in [0.5, 0.6) is 0 Å². The second-order valence-electron chi connectivity index (χ2n) is 5.68. The summed E-state index contributed by atoms with van der Waals surface area (Å²) in [6, 6.07) is 11.0. The van der Waals surface area contributed by atoms with Crippen molar-refractivity contribution < 1.29 is 22.0 Å². The molecule has 3 rings (SSSR count). The summed E-state index contributed by atoms with van der Waals surface area (Å²) >= 11 is 0. The van der Waals surface area contributed by atoms with Crippen LogP contribution in [0.2, 0.25) is 0 Å². The molecule has 26 heavy (non-hydrogen) atoms. The zero-order chi connectivity index (χ0) is 18.9. The summed E-state index contributed by atoms with van der Waals surface area (Å²) in [4.78, 5) is 0. The topological polar surface area (TPSA) is 29.9 Å². The molecule has 1 heterocycles. The van der Waals surface area contributed by atoms with Crippen molar-refractivity contribution in [2.75, 3.05) is 5.32 Å². The van der Waals surface area contributed by atoms with Gasteiger partial charge in [0.25, 0.3) is 0 Å². The Morgan fingerprint density at radius 2 is 1.73 bits per heavy atom. The van der Waals surface area contributed by atoms with E-state index in [0.29, 0.717) is 11.3 Å². The van der Waals surface area contributed by atoms with Crippen LogP contribution in [0.25, 0.3) is 11.3 Å². The number of alkyl halides is 3. The Morgan fingerprint density at radius 3 is 2.35 bits per heavy atom. The minimum Gasteiger partial charge on any atom is -0.381 e. The molecule has 3 aromatic rings. The molecule has 0 amide bonds. The highest BCUT2D eigenvalue weighted by atomic mass is 19.4. The standard InChI is InChI=1S/C18H14F5N3/c1-26-16(9-17(25-26)18(21,22)23)13-7-6-12(8-15(13)20)24-10-11-4-2-3-5-14(11)19/h2-9,24H,10H2,1H3. The highest BCUT2D eigenvalue weighted by Crippen LogP contribution is 2.32. The second kappa shape index (κ2) is 6.78. The van der Waals surface area contributed by atoms with Crippen molar-refractivity contribution in [3.05, 3.63) is 71.4 Å². The maximum absolute atomic E-state index is 14.4. The molecule has 0 radical (unpaired) electrons. The van der Waals surface area contributed by atoms with E-state index in [4.69, 9.17) is 0 Å². The van der Waals surface area contributed by atoms with E-state index in [-0.39, 0.29) is 23.6 Å². The fourth-order valence-corrected chi connectivity index (χ4v) is 2.53. The minimum absolute atomic E-state index is 0.00746. The van der Waals surface area contributed by atoms with Crippen molar-refractivity contribution in [1.29, 1.82) is 0 Å². The van der Waals surface area contributed by atoms with E-state index in [2.05, 4.69) is 10.4 Å². The number of aromatic nitrogens is 2. The third-order valence-electron chi connectivity index (χ3n) is 3.86. The number of nitrogens with one attached hydrogen (secondary N) is 1. The van der Waals surface area contributed by atoms with Crippen LogP contribution in [0.4, 0.5) is 27.6 Å². The van der Waals surface area contributed by atoms with Crippen molar-refractivity contribution in [2.45, 2.75) is 12.7 Å². The van der Waals surface area contributed by atoms with Gasteiger partial charge in [0.15, 0.2) is 5.69 Å². The van der Waals surface area contributed by atoms with Gasteiger partial charge in [-0.25, -0.2) is 8.78 Å². The van der Waals surface area contributed by atoms with Gasteiger partial charge in [-0.05, 0) is 30.3 Å². The SMILES string of the molecule is Cn1nc(C(F)(F)F)cc1-c1ccc(NCc2ccccc2F)cc1F. The lowest BCUT2D eigenvalue weighted by Crippen LogP contribution is -2.06. The molecule has 0 spiro atoms. The molecule has 0 unspecified atom stereocenters.